The van der Waals surface area contributed by atoms with E-state index in [4.69, 9.17) is 4.42 Å². The molecule has 18 heavy (non-hydrogen) atoms. The van der Waals surface area contributed by atoms with Crippen molar-refractivity contribution in [3.63, 3.8) is 0 Å². The lowest BCUT2D eigenvalue weighted by Crippen LogP contribution is -2.22. The lowest BCUT2D eigenvalue weighted by atomic mass is 9.99. The number of rotatable bonds is 4. The minimum absolute atomic E-state index is 0.0717. The van der Waals surface area contributed by atoms with Crippen LogP contribution in [0, 0.1) is 12.7 Å². The molecule has 0 spiro atoms. The second-order valence-corrected chi connectivity index (χ2v) is 4.92. The van der Waals surface area contributed by atoms with Gasteiger partial charge in [-0.1, -0.05) is 13.0 Å². The molecule has 0 fully saturated rings. The molecular weight excluding hydrogens is 297 g/mol. The molecule has 0 radical (unpaired) electrons. The van der Waals surface area contributed by atoms with Gasteiger partial charge in [-0.15, -0.1) is 0 Å². The Kier molecular flexibility index (Phi) is 4.19. The van der Waals surface area contributed by atoms with Gasteiger partial charge < -0.3 is 9.73 Å². The second-order valence-electron chi connectivity index (χ2n) is 4.20. The summed E-state index contributed by atoms with van der Waals surface area (Å²) in [7, 11) is 0. The molecule has 0 amide bonds. The van der Waals surface area contributed by atoms with E-state index in [1.807, 2.05) is 26.0 Å². The van der Waals surface area contributed by atoms with Crippen LogP contribution in [-0.2, 0) is 0 Å². The van der Waals surface area contributed by atoms with Crippen molar-refractivity contribution in [3.8, 4) is 0 Å². The summed E-state index contributed by atoms with van der Waals surface area (Å²) >= 11 is 3.37. The molecule has 1 unspecified atom stereocenters. The van der Waals surface area contributed by atoms with E-state index in [0.29, 0.717) is 4.67 Å². The highest BCUT2D eigenvalue weighted by Crippen LogP contribution is 2.30. The molecule has 1 heterocycles. The van der Waals surface area contributed by atoms with Crippen molar-refractivity contribution < 1.29 is 8.81 Å². The zero-order chi connectivity index (χ0) is 13.1. The molecular formula is C14H15BrFNO. The molecule has 4 heteroatoms. The minimum Gasteiger partial charge on any atom is -0.457 e. The second kappa shape index (κ2) is 5.67. The van der Waals surface area contributed by atoms with Crippen molar-refractivity contribution >= 4 is 15.9 Å². The maximum absolute atomic E-state index is 13.5. The number of benzene rings is 1. The van der Waals surface area contributed by atoms with Crippen molar-refractivity contribution in [2.45, 2.75) is 19.9 Å². The van der Waals surface area contributed by atoms with Gasteiger partial charge in [-0.3, -0.25) is 0 Å². The number of furan rings is 1. The molecule has 2 rings (SSSR count). The predicted octanol–water partition coefficient (Wildman–Crippen LogP) is 4.19. The Labute approximate surface area is 114 Å². The largest absolute Gasteiger partial charge is 0.457 e. The Morgan fingerprint density at radius 3 is 2.72 bits per heavy atom. The summed E-state index contributed by atoms with van der Waals surface area (Å²) in [5.41, 5.74) is 2.78. The van der Waals surface area contributed by atoms with Crippen LogP contribution in [0.25, 0.3) is 0 Å². The lowest BCUT2D eigenvalue weighted by Gasteiger charge is -2.18. The number of aryl methyl sites for hydroxylation is 1. The molecule has 0 saturated heterocycles. The first-order chi connectivity index (χ1) is 8.61. The van der Waals surface area contributed by atoms with Gasteiger partial charge in [0.15, 0.2) is 4.67 Å². The Bertz CT molecular complexity index is 518. The first kappa shape index (κ1) is 13.3. The maximum Gasteiger partial charge on any atom is 0.174 e. The topological polar surface area (TPSA) is 25.2 Å². The Morgan fingerprint density at radius 1 is 1.39 bits per heavy atom. The average molecular weight is 312 g/mol. The van der Waals surface area contributed by atoms with E-state index in [1.54, 1.807) is 12.3 Å². The average Bonchev–Trinajstić information content (AvgIpc) is 2.71. The van der Waals surface area contributed by atoms with Crippen LogP contribution in [0.2, 0.25) is 0 Å². The Hall–Kier alpha value is -1.13. The highest BCUT2D eigenvalue weighted by molar-refractivity contribution is 9.10. The molecule has 1 aromatic heterocycles. The number of hydrogen-bond acceptors (Lipinski definition) is 2. The normalized spacial score (nSPS) is 12.7. The quantitative estimate of drug-likeness (QED) is 0.916. The van der Waals surface area contributed by atoms with Gasteiger partial charge >= 0.3 is 0 Å². The summed E-state index contributed by atoms with van der Waals surface area (Å²) in [6, 6.07) is 6.88. The fraction of sp³-hybridized carbons (Fsp3) is 0.286. The third kappa shape index (κ3) is 2.82. The molecule has 2 aromatic rings. The predicted molar refractivity (Wildman–Crippen MR) is 73.1 cm³/mol. The molecule has 0 aliphatic heterocycles. The first-order valence-electron chi connectivity index (χ1n) is 5.85. The minimum atomic E-state index is -0.215. The molecule has 0 saturated carbocycles. The summed E-state index contributed by atoms with van der Waals surface area (Å²) in [5.74, 6) is -0.215. The zero-order valence-electron chi connectivity index (χ0n) is 10.3. The van der Waals surface area contributed by atoms with E-state index >= 15 is 0 Å². The fourth-order valence-electron chi connectivity index (χ4n) is 2.05. The van der Waals surface area contributed by atoms with E-state index < -0.39 is 0 Å². The van der Waals surface area contributed by atoms with E-state index in [1.165, 1.54) is 6.07 Å². The molecule has 96 valence electrons. The van der Waals surface area contributed by atoms with Crippen molar-refractivity contribution in [1.29, 1.82) is 0 Å². The fourth-order valence-corrected chi connectivity index (χ4v) is 2.52. The maximum atomic E-state index is 13.5. The Morgan fingerprint density at radius 2 is 2.17 bits per heavy atom. The molecule has 0 aliphatic rings. The lowest BCUT2D eigenvalue weighted by molar-refractivity contribution is 0.525. The van der Waals surface area contributed by atoms with E-state index in [0.717, 1.165) is 23.2 Å². The molecule has 0 aliphatic carbocycles. The molecule has 0 bridgehead atoms. The third-order valence-electron chi connectivity index (χ3n) is 2.76. The molecule has 2 nitrogen and oxygen atoms in total. The van der Waals surface area contributed by atoms with Crippen molar-refractivity contribution in [1.82, 2.24) is 5.32 Å². The monoisotopic (exact) mass is 311 g/mol. The highest BCUT2D eigenvalue weighted by Gasteiger charge is 2.18. The molecule has 1 N–H and O–H groups in total. The van der Waals surface area contributed by atoms with E-state index in [9.17, 15) is 4.39 Å². The van der Waals surface area contributed by atoms with E-state index in [2.05, 4.69) is 21.2 Å². The van der Waals surface area contributed by atoms with Gasteiger partial charge in [0.1, 0.15) is 5.82 Å². The third-order valence-corrected chi connectivity index (χ3v) is 3.41. The Balaban J connectivity index is 2.44. The number of nitrogens with one attached hydrogen (secondary N) is 1. The van der Waals surface area contributed by atoms with Crippen LogP contribution < -0.4 is 5.32 Å². The summed E-state index contributed by atoms with van der Waals surface area (Å²) in [4.78, 5) is 0. The molecule has 1 atom stereocenters. The van der Waals surface area contributed by atoms with Crippen LogP contribution >= 0.6 is 15.9 Å². The van der Waals surface area contributed by atoms with Gasteiger partial charge in [-0.25, -0.2) is 4.39 Å². The van der Waals surface area contributed by atoms with Crippen molar-refractivity contribution in [3.05, 3.63) is 57.7 Å². The SMILES string of the molecule is CCNC(c1cc(C)cc(F)c1)c1ccoc1Br. The van der Waals surface area contributed by atoms with Gasteiger partial charge in [0.2, 0.25) is 0 Å². The smallest absolute Gasteiger partial charge is 0.174 e. The number of hydrogen-bond donors (Lipinski definition) is 1. The van der Waals surface area contributed by atoms with Gasteiger partial charge in [0.25, 0.3) is 0 Å². The summed E-state index contributed by atoms with van der Waals surface area (Å²) < 4.78 is 19.4. The number of halogens is 2. The van der Waals surface area contributed by atoms with Crippen LogP contribution in [0.15, 0.2) is 39.6 Å². The van der Waals surface area contributed by atoms with Gasteiger partial charge in [-0.2, -0.15) is 0 Å². The van der Waals surface area contributed by atoms with Crippen LogP contribution in [0.3, 0.4) is 0 Å². The molecule has 1 aromatic carbocycles. The van der Waals surface area contributed by atoms with Crippen molar-refractivity contribution in [2.75, 3.05) is 6.54 Å². The van der Waals surface area contributed by atoms with Crippen LogP contribution in [-0.4, -0.2) is 6.54 Å². The van der Waals surface area contributed by atoms with Gasteiger partial charge in [0.05, 0.1) is 12.3 Å². The first-order valence-corrected chi connectivity index (χ1v) is 6.64. The van der Waals surface area contributed by atoms with Crippen LogP contribution in [0.1, 0.15) is 29.7 Å². The van der Waals surface area contributed by atoms with E-state index in [-0.39, 0.29) is 11.9 Å². The zero-order valence-corrected chi connectivity index (χ0v) is 11.9. The van der Waals surface area contributed by atoms with Gasteiger partial charge in [0, 0.05) is 5.56 Å². The highest BCUT2D eigenvalue weighted by atomic mass is 79.9. The summed E-state index contributed by atoms with van der Waals surface area (Å²) in [5, 5.41) is 3.34. The summed E-state index contributed by atoms with van der Waals surface area (Å²) in [6.45, 7) is 4.70. The van der Waals surface area contributed by atoms with Crippen LogP contribution in [0.5, 0.6) is 0 Å². The van der Waals surface area contributed by atoms with Crippen LogP contribution in [0.4, 0.5) is 4.39 Å². The standard InChI is InChI=1S/C14H15BrFNO/c1-3-17-13(12-4-5-18-14(12)15)10-6-9(2)7-11(16)8-10/h4-8,13,17H,3H2,1-2H3. The summed E-state index contributed by atoms with van der Waals surface area (Å²) in [6.07, 6.45) is 1.62. The van der Waals surface area contributed by atoms with Gasteiger partial charge in [-0.05, 0) is 58.7 Å². The van der Waals surface area contributed by atoms with Crippen molar-refractivity contribution in [2.24, 2.45) is 0 Å².